The second-order valence-electron chi connectivity index (χ2n) is 8.73. The number of piperidine rings is 1. The molecule has 0 bridgehead atoms. The lowest BCUT2D eigenvalue weighted by molar-refractivity contribution is -0.134. The first-order chi connectivity index (χ1) is 16.6. The Labute approximate surface area is 197 Å². The highest BCUT2D eigenvalue weighted by molar-refractivity contribution is 5.86. The molecule has 0 saturated carbocycles. The van der Waals surface area contributed by atoms with E-state index in [0.717, 1.165) is 22.9 Å². The van der Waals surface area contributed by atoms with Crippen molar-refractivity contribution in [2.75, 3.05) is 19.7 Å². The van der Waals surface area contributed by atoms with E-state index in [1.807, 2.05) is 23.1 Å². The van der Waals surface area contributed by atoms with E-state index in [4.69, 9.17) is 4.74 Å². The quantitative estimate of drug-likeness (QED) is 0.352. The molecule has 1 unspecified atom stereocenters. The number of para-hydroxylation sites is 1. The third-order valence-electron chi connectivity index (χ3n) is 6.47. The highest BCUT2D eigenvalue weighted by atomic mass is 19.1. The lowest BCUT2D eigenvalue weighted by Gasteiger charge is -2.31. The van der Waals surface area contributed by atoms with Gasteiger partial charge >= 0.3 is 0 Å². The van der Waals surface area contributed by atoms with Crippen LogP contribution in [-0.4, -0.2) is 35.1 Å². The number of carbonyl (C=O) groups excluding carboxylic acids is 1. The maximum absolute atomic E-state index is 13.7. The maximum atomic E-state index is 13.7. The van der Waals surface area contributed by atoms with Gasteiger partial charge in [0.15, 0.2) is 0 Å². The zero-order valence-corrected chi connectivity index (χ0v) is 18.8. The van der Waals surface area contributed by atoms with Crippen LogP contribution in [0, 0.1) is 11.6 Å². The zero-order chi connectivity index (χ0) is 23.5. The first-order valence-corrected chi connectivity index (χ1v) is 11.6. The van der Waals surface area contributed by atoms with Crippen LogP contribution >= 0.6 is 0 Å². The van der Waals surface area contributed by atoms with Gasteiger partial charge in [-0.1, -0.05) is 30.3 Å². The molecule has 0 radical (unpaired) electrons. The summed E-state index contributed by atoms with van der Waals surface area (Å²) in [6.45, 7) is 2.12. The van der Waals surface area contributed by atoms with Crippen molar-refractivity contribution in [1.29, 1.82) is 0 Å². The first kappa shape index (κ1) is 22.1. The van der Waals surface area contributed by atoms with Gasteiger partial charge in [-0.15, -0.1) is 0 Å². The van der Waals surface area contributed by atoms with E-state index in [1.54, 1.807) is 24.3 Å². The Bertz CT molecular complexity index is 1300. The molecule has 1 fully saturated rings. The number of hydrogen-bond donors (Lipinski definition) is 0. The molecule has 174 valence electrons. The van der Waals surface area contributed by atoms with Gasteiger partial charge in [-0.25, -0.2) is 8.78 Å². The molecule has 1 aliphatic heterocycles. The number of halogens is 2. The van der Waals surface area contributed by atoms with E-state index in [9.17, 15) is 13.6 Å². The number of rotatable bonds is 7. The highest BCUT2D eigenvalue weighted by Crippen LogP contribution is 2.35. The molecule has 0 aliphatic carbocycles. The summed E-state index contributed by atoms with van der Waals surface area (Å²) in [5.41, 5.74) is 3.16. The average molecular weight is 461 g/mol. The molecule has 2 heterocycles. The van der Waals surface area contributed by atoms with Crippen LogP contribution in [-0.2, 0) is 11.3 Å². The third-order valence-corrected chi connectivity index (χ3v) is 6.47. The number of likely N-dealkylation sites (tertiary alicyclic amines) is 1. The molecule has 1 amide bonds. The van der Waals surface area contributed by atoms with Crippen molar-refractivity contribution >= 4 is 16.8 Å². The van der Waals surface area contributed by atoms with Gasteiger partial charge in [0.1, 0.15) is 24.0 Å². The summed E-state index contributed by atoms with van der Waals surface area (Å²) in [7, 11) is 0. The smallest absolute Gasteiger partial charge is 0.223 e. The predicted octanol–water partition coefficient (Wildman–Crippen LogP) is 5.75. The van der Waals surface area contributed by atoms with Gasteiger partial charge in [0, 0.05) is 36.6 Å². The molecule has 34 heavy (non-hydrogen) atoms. The minimum absolute atomic E-state index is 0.112. The molecular formula is C28H26F2N2O2. The van der Waals surface area contributed by atoms with Gasteiger partial charge in [-0.2, -0.15) is 0 Å². The molecule has 1 aliphatic rings. The lowest BCUT2D eigenvalue weighted by atomic mass is 9.89. The second-order valence-corrected chi connectivity index (χ2v) is 8.73. The third kappa shape index (κ3) is 4.81. The van der Waals surface area contributed by atoms with E-state index in [1.165, 1.54) is 23.8 Å². The maximum Gasteiger partial charge on any atom is 0.223 e. The van der Waals surface area contributed by atoms with Crippen molar-refractivity contribution in [3.8, 4) is 5.75 Å². The molecule has 5 rings (SSSR count). The van der Waals surface area contributed by atoms with Crippen LogP contribution < -0.4 is 4.74 Å². The van der Waals surface area contributed by atoms with Crippen molar-refractivity contribution in [2.45, 2.75) is 25.3 Å². The molecule has 1 saturated heterocycles. The molecule has 1 aromatic heterocycles. The number of fused-ring (bicyclic) bond motifs is 1. The second kappa shape index (κ2) is 9.67. The van der Waals surface area contributed by atoms with Crippen LogP contribution in [0.1, 0.15) is 29.9 Å². The number of amides is 1. The summed E-state index contributed by atoms with van der Waals surface area (Å²) in [5.74, 6) is 0.300. The summed E-state index contributed by atoms with van der Waals surface area (Å²) < 4.78 is 34.5. The molecular weight excluding hydrogens is 434 g/mol. The number of aromatic nitrogens is 1. The summed E-state index contributed by atoms with van der Waals surface area (Å²) in [5, 5.41) is 1.14. The van der Waals surface area contributed by atoms with Crippen LogP contribution in [0.4, 0.5) is 8.78 Å². The topological polar surface area (TPSA) is 34.5 Å². The fourth-order valence-electron chi connectivity index (χ4n) is 4.75. The Balaban J connectivity index is 1.26. The van der Waals surface area contributed by atoms with Gasteiger partial charge in [-0.05, 0) is 65.9 Å². The largest absolute Gasteiger partial charge is 0.492 e. The van der Waals surface area contributed by atoms with E-state index >= 15 is 0 Å². The summed E-state index contributed by atoms with van der Waals surface area (Å²) >= 11 is 0. The first-order valence-electron chi connectivity index (χ1n) is 11.6. The number of ether oxygens (including phenoxy) is 1. The highest BCUT2D eigenvalue weighted by Gasteiger charge is 2.28. The van der Waals surface area contributed by atoms with E-state index in [0.29, 0.717) is 38.4 Å². The minimum atomic E-state index is -0.304. The Morgan fingerprint density at radius 3 is 2.56 bits per heavy atom. The van der Waals surface area contributed by atoms with Crippen molar-refractivity contribution in [2.24, 2.45) is 0 Å². The van der Waals surface area contributed by atoms with Crippen LogP contribution in [0.3, 0.4) is 0 Å². The van der Waals surface area contributed by atoms with Crippen molar-refractivity contribution in [1.82, 2.24) is 9.47 Å². The molecule has 0 N–H and O–H groups in total. The fraction of sp³-hybridized carbons (Fsp3) is 0.250. The lowest BCUT2D eigenvalue weighted by Crippen LogP contribution is -2.40. The monoisotopic (exact) mass is 460 g/mol. The van der Waals surface area contributed by atoms with Crippen LogP contribution in [0.2, 0.25) is 0 Å². The zero-order valence-electron chi connectivity index (χ0n) is 18.8. The molecule has 1 atom stereocenters. The molecule has 6 heteroatoms. The Morgan fingerprint density at radius 2 is 1.76 bits per heavy atom. The van der Waals surface area contributed by atoms with Gasteiger partial charge in [0.25, 0.3) is 0 Å². The van der Waals surface area contributed by atoms with Crippen LogP contribution in [0.5, 0.6) is 5.75 Å². The van der Waals surface area contributed by atoms with Crippen molar-refractivity contribution in [3.05, 3.63) is 102 Å². The SMILES string of the molecule is O=C1CC(c2cn(Cc3cccc(F)c3)c3ccccc23)CCN1CCOc1ccc(F)cc1. The minimum Gasteiger partial charge on any atom is -0.492 e. The fourth-order valence-corrected chi connectivity index (χ4v) is 4.75. The molecule has 4 nitrogen and oxygen atoms in total. The average Bonchev–Trinajstić information content (AvgIpc) is 3.20. The van der Waals surface area contributed by atoms with Crippen molar-refractivity contribution < 1.29 is 18.3 Å². The molecule has 0 spiro atoms. The molecule has 3 aromatic carbocycles. The van der Waals surface area contributed by atoms with E-state index < -0.39 is 0 Å². The Morgan fingerprint density at radius 1 is 0.941 bits per heavy atom. The number of carbonyl (C=O) groups is 1. The summed E-state index contributed by atoms with van der Waals surface area (Å²) in [6, 6.07) is 20.7. The Kier molecular flexibility index (Phi) is 6.30. The summed E-state index contributed by atoms with van der Waals surface area (Å²) in [4.78, 5) is 14.7. The number of hydrogen-bond acceptors (Lipinski definition) is 2. The van der Waals surface area contributed by atoms with Gasteiger partial charge < -0.3 is 14.2 Å². The van der Waals surface area contributed by atoms with Gasteiger partial charge in [0.05, 0.1) is 6.54 Å². The number of benzene rings is 3. The van der Waals surface area contributed by atoms with Gasteiger partial charge in [0.2, 0.25) is 5.91 Å². The van der Waals surface area contributed by atoms with Gasteiger partial charge in [-0.3, -0.25) is 4.79 Å². The number of nitrogens with zero attached hydrogens (tertiary/aromatic N) is 2. The Hall–Kier alpha value is -3.67. The van der Waals surface area contributed by atoms with E-state index in [-0.39, 0.29) is 23.5 Å². The van der Waals surface area contributed by atoms with E-state index in [2.05, 4.69) is 22.9 Å². The van der Waals surface area contributed by atoms with Crippen LogP contribution in [0.15, 0.2) is 79.0 Å². The summed E-state index contributed by atoms with van der Waals surface area (Å²) in [6.07, 6.45) is 3.45. The molecule has 4 aromatic rings. The predicted molar refractivity (Wildman–Crippen MR) is 128 cm³/mol. The normalized spacial score (nSPS) is 16.2. The standard InChI is InChI=1S/C28H26F2N2O2/c29-22-8-10-24(11-9-22)34-15-14-31-13-12-21(17-28(31)33)26-19-32(27-7-2-1-6-25(26)27)18-20-4-3-5-23(30)16-20/h1-11,16,19,21H,12-15,17-18H2. The van der Waals surface area contributed by atoms with Crippen LogP contribution in [0.25, 0.3) is 10.9 Å². The van der Waals surface area contributed by atoms with Crippen molar-refractivity contribution in [3.63, 3.8) is 0 Å².